The number of ether oxygens (including phenoxy) is 1. The van der Waals surface area contributed by atoms with Crippen molar-refractivity contribution in [2.75, 3.05) is 7.11 Å². The van der Waals surface area contributed by atoms with Gasteiger partial charge >= 0.3 is 0 Å². The Bertz CT molecular complexity index is 400. The van der Waals surface area contributed by atoms with Crippen LogP contribution < -0.4 is 4.74 Å². The summed E-state index contributed by atoms with van der Waals surface area (Å²) in [6, 6.07) is 7.89. The normalized spacial score (nSPS) is 13.5. The maximum atomic E-state index is 5.32. The molecule has 1 rings (SSSR count). The average Bonchev–Trinajstić information content (AvgIpc) is 2.29. The number of benzene rings is 1. The zero-order valence-corrected chi connectivity index (χ0v) is 9.29. The van der Waals surface area contributed by atoms with Gasteiger partial charge in [0.2, 0.25) is 0 Å². The van der Waals surface area contributed by atoms with Gasteiger partial charge in [-0.3, -0.25) is 0 Å². The maximum absolute atomic E-state index is 5.32. The monoisotopic (exact) mass is 200 g/mol. The van der Waals surface area contributed by atoms with Gasteiger partial charge in [0.15, 0.2) is 0 Å². The van der Waals surface area contributed by atoms with Crippen LogP contribution in [0.2, 0.25) is 0 Å². The molecule has 0 aliphatic heterocycles. The molecule has 0 radical (unpaired) electrons. The lowest BCUT2D eigenvalue weighted by Crippen LogP contribution is -2.15. The Balaban J connectivity index is 3.34. The second-order valence-corrected chi connectivity index (χ2v) is 3.54. The van der Waals surface area contributed by atoms with E-state index in [2.05, 4.69) is 25.8 Å². The first-order valence-corrected chi connectivity index (χ1v) is 4.82. The van der Waals surface area contributed by atoms with Crippen molar-refractivity contribution in [1.82, 2.24) is 0 Å². The highest BCUT2D eigenvalue weighted by atomic mass is 16.5. The molecule has 1 aromatic rings. The predicted molar refractivity (Wildman–Crippen MR) is 64.3 cm³/mol. The SMILES string of the molecule is C=C=C[C@@](C)(C=C)c1ccccc1OC. The predicted octanol–water partition coefficient (Wildman–Crippen LogP) is 3.48. The number of rotatable bonds is 4. The highest BCUT2D eigenvalue weighted by Gasteiger charge is 2.22. The van der Waals surface area contributed by atoms with Gasteiger partial charge < -0.3 is 4.74 Å². The summed E-state index contributed by atoms with van der Waals surface area (Å²) in [5.74, 6) is 0.853. The molecule has 0 fully saturated rings. The molecule has 0 amide bonds. The molecule has 0 saturated carbocycles. The van der Waals surface area contributed by atoms with Crippen LogP contribution in [-0.2, 0) is 5.41 Å². The van der Waals surface area contributed by atoms with Crippen LogP contribution in [0.15, 0.2) is 55.3 Å². The van der Waals surface area contributed by atoms with E-state index >= 15 is 0 Å². The van der Waals surface area contributed by atoms with E-state index < -0.39 is 0 Å². The summed E-state index contributed by atoms with van der Waals surface area (Å²) in [5.41, 5.74) is 3.59. The van der Waals surface area contributed by atoms with E-state index in [1.807, 2.05) is 36.4 Å². The quantitative estimate of drug-likeness (QED) is 0.534. The van der Waals surface area contributed by atoms with Crippen LogP contribution in [0.4, 0.5) is 0 Å². The Labute approximate surface area is 91.4 Å². The summed E-state index contributed by atoms with van der Waals surface area (Å²) in [5, 5.41) is 0. The first-order valence-electron chi connectivity index (χ1n) is 4.82. The van der Waals surface area contributed by atoms with Crippen LogP contribution in [0.1, 0.15) is 12.5 Å². The molecular weight excluding hydrogens is 184 g/mol. The van der Waals surface area contributed by atoms with E-state index in [1.54, 1.807) is 7.11 Å². The fourth-order valence-electron chi connectivity index (χ4n) is 1.55. The Morgan fingerprint density at radius 2 is 2.07 bits per heavy atom. The summed E-state index contributed by atoms with van der Waals surface area (Å²) in [4.78, 5) is 0. The van der Waals surface area contributed by atoms with E-state index in [0.717, 1.165) is 11.3 Å². The fourth-order valence-corrected chi connectivity index (χ4v) is 1.55. The van der Waals surface area contributed by atoms with Crippen LogP contribution in [0, 0.1) is 0 Å². The highest BCUT2D eigenvalue weighted by molar-refractivity contribution is 5.45. The van der Waals surface area contributed by atoms with Crippen LogP contribution in [0.3, 0.4) is 0 Å². The molecule has 78 valence electrons. The van der Waals surface area contributed by atoms with Crippen LogP contribution in [-0.4, -0.2) is 7.11 Å². The third-order valence-electron chi connectivity index (χ3n) is 2.51. The molecule has 1 nitrogen and oxygen atoms in total. The zero-order chi connectivity index (χ0) is 11.3. The van der Waals surface area contributed by atoms with Gasteiger partial charge in [-0.15, -0.1) is 12.3 Å². The lowest BCUT2D eigenvalue weighted by Gasteiger charge is -2.23. The molecule has 0 spiro atoms. The zero-order valence-electron chi connectivity index (χ0n) is 9.29. The van der Waals surface area contributed by atoms with Crippen molar-refractivity contribution in [2.24, 2.45) is 0 Å². The van der Waals surface area contributed by atoms with Crippen LogP contribution in [0.25, 0.3) is 0 Å². The van der Waals surface area contributed by atoms with E-state index in [1.165, 1.54) is 0 Å². The van der Waals surface area contributed by atoms with Gasteiger partial charge in [0.1, 0.15) is 5.75 Å². The third kappa shape index (κ3) is 2.20. The Morgan fingerprint density at radius 1 is 1.40 bits per heavy atom. The van der Waals surface area contributed by atoms with Crippen molar-refractivity contribution in [1.29, 1.82) is 0 Å². The average molecular weight is 200 g/mol. The van der Waals surface area contributed by atoms with Crippen LogP contribution >= 0.6 is 0 Å². The van der Waals surface area contributed by atoms with Crippen molar-refractivity contribution in [3.63, 3.8) is 0 Å². The van der Waals surface area contributed by atoms with Gasteiger partial charge in [-0.2, -0.15) is 0 Å². The van der Waals surface area contributed by atoms with Gasteiger partial charge in [-0.1, -0.05) is 30.9 Å². The van der Waals surface area contributed by atoms with E-state index in [9.17, 15) is 0 Å². The number of methoxy groups -OCH3 is 1. The molecule has 0 N–H and O–H groups in total. The molecule has 1 heteroatoms. The van der Waals surface area contributed by atoms with Gasteiger partial charge in [0, 0.05) is 11.0 Å². The molecular formula is C14H16O. The number of hydrogen-bond donors (Lipinski definition) is 0. The van der Waals surface area contributed by atoms with Crippen molar-refractivity contribution in [2.45, 2.75) is 12.3 Å². The minimum absolute atomic E-state index is 0.283. The smallest absolute Gasteiger partial charge is 0.123 e. The minimum Gasteiger partial charge on any atom is -0.496 e. The molecule has 15 heavy (non-hydrogen) atoms. The number of allylic oxidation sites excluding steroid dienone is 2. The molecule has 1 atom stereocenters. The first-order chi connectivity index (χ1) is 7.18. The lowest BCUT2D eigenvalue weighted by atomic mass is 9.82. The largest absolute Gasteiger partial charge is 0.496 e. The fraction of sp³-hybridized carbons (Fsp3) is 0.214. The molecule has 0 aliphatic carbocycles. The summed E-state index contributed by atoms with van der Waals surface area (Å²) < 4.78 is 5.32. The summed E-state index contributed by atoms with van der Waals surface area (Å²) >= 11 is 0. The Morgan fingerprint density at radius 3 is 2.60 bits per heavy atom. The number of para-hydroxylation sites is 1. The highest BCUT2D eigenvalue weighted by Crippen LogP contribution is 2.33. The van der Waals surface area contributed by atoms with E-state index in [4.69, 9.17) is 4.74 Å². The summed E-state index contributed by atoms with van der Waals surface area (Å²) in [7, 11) is 1.67. The minimum atomic E-state index is -0.283. The molecule has 1 aromatic carbocycles. The Hall–Kier alpha value is -1.72. The van der Waals surface area contributed by atoms with E-state index in [0.29, 0.717) is 0 Å². The lowest BCUT2D eigenvalue weighted by molar-refractivity contribution is 0.405. The maximum Gasteiger partial charge on any atom is 0.123 e. The molecule has 0 heterocycles. The number of hydrogen-bond acceptors (Lipinski definition) is 1. The van der Waals surface area contributed by atoms with Gasteiger partial charge in [0.05, 0.1) is 7.11 Å². The van der Waals surface area contributed by atoms with Gasteiger partial charge in [-0.05, 0) is 19.1 Å². The molecule has 0 aliphatic rings. The van der Waals surface area contributed by atoms with E-state index in [-0.39, 0.29) is 5.41 Å². The van der Waals surface area contributed by atoms with Crippen molar-refractivity contribution in [3.05, 3.63) is 60.9 Å². The molecule has 0 bridgehead atoms. The van der Waals surface area contributed by atoms with Crippen molar-refractivity contribution < 1.29 is 4.74 Å². The third-order valence-corrected chi connectivity index (χ3v) is 2.51. The molecule has 0 aromatic heterocycles. The first kappa shape index (κ1) is 11.4. The van der Waals surface area contributed by atoms with Crippen molar-refractivity contribution >= 4 is 0 Å². The topological polar surface area (TPSA) is 9.23 Å². The molecule has 0 unspecified atom stereocenters. The summed E-state index contributed by atoms with van der Waals surface area (Å²) in [6.07, 6.45) is 3.75. The molecule has 0 saturated heterocycles. The Kier molecular flexibility index (Phi) is 3.54. The van der Waals surface area contributed by atoms with Gasteiger partial charge in [0.25, 0.3) is 0 Å². The second kappa shape index (κ2) is 4.68. The summed E-state index contributed by atoms with van der Waals surface area (Å²) in [6.45, 7) is 9.51. The van der Waals surface area contributed by atoms with Crippen molar-refractivity contribution in [3.8, 4) is 5.75 Å². The van der Waals surface area contributed by atoms with Crippen LogP contribution in [0.5, 0.6) is 5.75 Å². The second-order valence-electron chi connectivity index (χ2n) is 3.54. The van der Waals surface area contributed by atoms with Gasteiger partial charge in [-0.25, -0.2) is 0 Å². The standard InChI is InChI=1S/C14H16O/c1-5-11-14(3,6-2)12-9-7-8-10-13(12)15-4/h6-11H,1-2H2,3-4H3/t14-/m1/s1.